The van der Waals surface area contributed by atoms with Crippen molar-refractivity contribution in [3.63, 3.8) is 0 Å². The van der Waals surface area contributed by atoms with Crippen LogP contribution >= 0.6 is 11.5 Å². The first-order chi connectivity index (χ1) is 5.33. The van der Waals surface area contributed by atoms with Gasteiger partial charge >= 0.3 is 0 Å². The Hall–Kier alpha value is -0.770. The van der Waals surface area contributed by atoms with Gasteiger partial charge in [0, 0.05) is 12.6 Å². The van der Waals surface area contributed by atoms with Crippen LogP contribution in [0, 0.1) is 0 Å². The van der Waals surface area contributed by atoms with E-state index in [1.165, 1.54) is 24.4 Å². The maximum atomic E-state index is 5.44. The van der Waals surface area contributed by atoms with Crippen molar-refractivity contribution in [2.75, 3.05) is 17.6 Å². The lowest BCUT2D eigenvalue weighted by molar-refractivity contribution is 0.836. The molecule has 1 aromatic heterocycles. The molecule has 0 fully saturated rings. The predicted molar refractivity (Wildman–Crippen MR) is 49.9 cm³/mol. The highest BCUT2D eigenvalue weighted by atomic mass is 32.1. The molecule has 0 aliphatic heterocycles. The number of nitrogens with zero attached hydrogens (tertiary/aromatic N) is 1. The largest absolute Gasteiger partial charge is 0.383 e. The average molecular weight is 171 g/mol. The number of unbranched alkanes of at least 4 members (excludes halogenated alkanes) is 1. The lowest BCUT2D eigenvalue weighted by Gasteiger charge is -1.98. The van der Waals surface area contributed by atoms with E-state index in [-0.39, 0.29) is 0 Å². The summed E-state index contributed by atoms with van der Waals surface area (Å²) in [5, 5.41) is 4.31. The fourth-order valence-electron chi connectivity index (χ4n) is 0.761. The van der Waals surface area contributed by atoms with Crippen molar-refractivity contribution < 1.29 is 0 Å². The standard InChI is InChI=1S/C7H13N3S/c1-2-3-4-9-7-5-6(8)10-11-7/h5,9H,2-4H2,1H3,(H2,8,10). The predicted octanol–water partition coefficient (Wildman–Crippen LogP) is 1.94. The Balaban J connectivity index is 2.27. The second-order valence-corrected chi connectivity index (χ2v) is 3.20. The molecule has 0 unspecified atom stereocenters. The fourth-order valence-corrected chi connectivity index (χ4v) is 1.36. The van der Waals surface area contributed by atoms with Gasteiger partial charge in [-0.1, -0.05) is 13.3 Å². The Morgan fingerprint density at radius 2 is 2.55 bits per heavy atom. The van der Waals surface area contributed by atoms with Crippen molar-refractivity contribution in [2.24, 2.45) is 0 Å². The summed E-state index contributed by atoms with van der Waals surface area (Å²) in [7, 11) is 0. The first kappa shape index (κ1) is 8.33. The van der Waals surface area contributed by atoms with Crippen molar-refractivity contribution in [3.05, 3.63) is 6.07 Å². The van der Waals surface area contributed by atoms with Gasteiger partial charge in [-0.05, 0) is 18.0 Å². The van der Waals surface area contributed by atoms with E-state index in [1.54, 1.807) is 0 Å². The SMILES string of the molecule is CCCCNc1cc(N)ns1. The second kappa shape index (κ2) is 4.18. The monoisotopic (exact) mass is 171 g/mol. The van der Waals surface area contributed by atoms with Gasteiger partial charge in [0.25, 0.3) is 0 Å². The number of nitrogen functional groups attached to an aromatic ring is 1. The van der Waals surface area contributed by atoms with Gasteiger partial charge in [0.15, 0.2) is 0 Å². The Labute approximate surface area is 70.8 Å². The molecule has 0 spiro atoms. The molecule has 0 amide bonds. The number of hydrogen-bond acceptors (Lipinski definition) is 4. The molecule has 0 radical (unpaired) electrons. The zero-order chi connectivity index (χ0) is 8.10. The molecule has 0 atom stereocenters. The van der Waals surface area contributed by atoms with Crippen LogP contribution in [-0.4, -0.2) is 10.9 Å². The van der Waals surface area contributed by atoms with E-state index in [1.807, 2.05) is 6.07 Å². The first-order valence-electron chi connectivity index (χ1n) is 3.79. The van der Waals surface area contributed by atoms with E-state index >= 15 is 0 Å². The molecule has 1 heterocycles. The first-order valence-corrected chi connectivity index (χ1v) is 4.56. The third kappa shape index (κ3) is 2.76. The lowest BCUT2D eigenvalue weighted by atomic mass is 10.3. The van der Waals surface area contributed by atoms with Crippen LogP contribution in [0.25, 0.3) is 0 Å². The topological polar surface area (TPSA) is 50.9 Å². The van der Waals surface area contributed by atoms with Crippen molar-refractivity contribution in [1.82, 2.24) is 4.37 Å². The molecular formula is C7H13N3S. The molecule has 0 aromatic carbocycles. The van der Waals surface area contributed by atoms with Gasteiger partial charge in [0.2, 0.25) is 0 Å². The molecule has 3 N–H and O–H groups in total. The van der Waals surface area contributed by atoms with Crippen LogP contribution in [0.2, 0.25) is 0 Å². The molecule has 4 heteroatoms. The third-order valence-corrected chi connectivity index (χ3v) is 2.12. The number of nitrogens with one attached hydrogen (secondary N) is 1. The van der Waals surface area contributed by atoms with Gasteiger partial charge < -0.3 is 11.1 Å². The van der Waals surface area contributed by atoms with Crippen molar-refractivity contribution in [2.45, 2.75) is 19.8 Å². The second-order valence-electron chi connectivity index (χ2n) is 2.40. The van der Waals surface area contributed by atoms with Crippen molar-refractivity contribution in [3.8, 4) is 0 Å². The van der Waals surface area contributed by atoms with E-state index in [4.69, 9.17) is 5.73 Å². The summed E-state index contributed by atoms with van der Waals surface area (Å²) < 4.78 is 3.95. The molecule has 0 saturated heterocycles. The lowest BCUT2D eigenvalue weighted by Crippen LogP contribution is -1.98. The molecule has 11 heavy (non-hydrogen) atoms. The third-order valence-electron chi connectivity index (χ3n) is 1.36. The van der Waals surface area contributed by atoms with Crippen molar-refractivity contribution >= 4 is 22.4 Å². The number of aromatic nitrogens is 1. The molecule has 1 aromatic rings. The van der Waals surface area contributed by atoms with Crippen molar-refractivity contribution in [1.29, 1.82) is 0 Å². The van der Waals surface area contributed by atoms with E-state index in [0.717, 1.165) is 11.5 Å². The van der Waals surface area contributed by atoms with Crippen LogP contribution in [-0.2, 0) is 0 Å². The number of rotatable bonds is 4. The maximum Gasteiger partial charge on any atom is 0.139 e. The summed E-state index contributed by atoms with van der Waals surface area (Å²) in [6.07, 6.45) is 2.40. The number of hydrogen-bond donors (Lipinski definition) is 2. The fraction of sp³-hybridized carbons (Fsp3) is 0.571. The highest BCUT2D eigenvalue weighted by Crippen LogP contribution is 2.16. The summed E-state index contributed by atoms with van der Waals surface area (Å²) in [5.74, 6) is 0.606. The van der Waals surface area contributed by atoms with Gasteiger partial charge in [0.1, 0.15) is 10.8 Å². The highest BCUT2D eigenvalue weighted by molar-refractivity contribution is 7.10. The summed E-state index contributed by atoms with van der Waals surface area (Å²) >= 11 is 1.41. The molecule has 0 saturated carbocycles. The average Bonchev–Trinajstić information content (AvgIpc) is 2.37. The smallest absolute Gasteiger partial charge is 0.139 e. The Kier molecular flexibility index (Phi) is 3.16. The highest BCUT2D eigenvalue weighted by Gasteiger charge is 1.95. The molecule has 0 aliphatic rings. The van der Waals surface area contributed by atoms with Crippen LogP contribution < -0.4 is 11.1 Å². The van der Waals surface area contributed by atoms with Crippen LogP contribution in [0.1, 0.15) is 19.8 Å². The van der Waals surface area contributed by atoms with Gasteiger partial charge in [-0.2, -0.15) is 4.37 Å². The van der Waals surface area contributed by atoms with Crippen LogP contribution in [0.15, 0.2) is 6.07 Å². The zero-order valence-corrected chi connectivity index (χ0v) is 7.45. The summed E-state index contributed by atoms with van der Waals surface area (Å²) in [6.45, 7) is 3.18. The molecule has 0 aliphatic carbocycles. The number of anilines is 2. The van der Waals surface area contributed by atoms with Gasteiger partial charge in [-0.15, -0.1) is 0 Å². The van der Waals surface area contributed by atoms with Gasteiger partial charge in [-0.3, -0.25) is 0 Å². The van der Waals surface area contributed by atoms with Crippen LogP contribution in [0.5, 0.6) is 0 Å². The van der Waals surface area contributed by atoms with Gasteiger partial charge in [-0.25, -0.2) is 0 Å². The Morgan fingerprint density at radius 1 is 1.73 bits per heavy atom. The quantitative estimate of drug-likeness (QED) is 0.681. The summed E-state index contributed by atoms with van der Waals surface area (Å²) in [4.78, 5) is 0. The normalized spacial score (nSPS) is 9.91. The van der Waals surface area contributed by atoms with Crippen LogP contribution in [0.4, 0.5) is 10.8 Å². The number of nitrogens with two attached hydrogens (primary N) is 1. The van der Waals surface area contributed by atoms with E-state index in [9.17, 15) is 0 Å². The molecular weight excluding hydrogens is 158 g/mol. The minimum absolute atomic E-state index is 0.606. The Morgan fingerprint density at radius 3 is 3.09 bits per heavy atom. The molecule has 62 valence electrons. The van der Waals surface area contributed by atoms with E-state index in [2.05, 4.69) is 16.6 Å². The minimum Gasteiger partial charge on any atom is -0.383 e. The summed E-state index contributed by atoms with van der Waals surface area (Å²) in [6, 6.07) is 1.86. The van der Waals surface area contributed by atoms with Crippen LogP contribution in [0.3, 0.4) is 0 Å². The molecule has 1 rings (SSSR count). The zero-order valence-electron chi connectivity index (χ0n) is 6.63. The minimum atomic E-state index is 0.606. The Bertz CT molecular complexity index is 209. The summed E-state index contributed by atoms with van der Waals surface area (Å²) in [5.41, 5.74) is 5.44. The van der Waals surface area contributed by atoms with Gasteiger partial charge in [0.05, 0.1) is 0 Å². The van der Waals surface area contributed by atoms with E-state index < -0.39 is 0 Å². The van der Waals surface area contributed by atoms with E-state index in [0.29, 0.717) is 5.82 Å². The molecule has 3 nitrogen and oxygen atoms in total. The maximum absolute atomic E-state index is 5.44. The molecule has 0 bridgehead atoms.